The van der Waals surface area contributed by atoms with Crippen molar-refractivity contribution in [2.45, 2.75) is 45.7 Å². The molecule has 2 heterocycles. The molecule has 1 aromatic heterocycles. The van der Waals surface area contributed by atoms with E-state index in [1.54, 1.807) is 19.2 Å². The van der Waals surface area contributed by atoms with Gasteiger partial charge in [-0.3, -0.25) is 0 Å². The number of benzene rings is 1. The third kappa shape index (κ3) is 6.90. The summed E-state index contributed by atoms with van der Waals surface area (Å²) in [5.41, 5.74) is 1.93. The Morgan fingerprint density at radius 2 is 1.91 bits per heavy atom. The molecule has 0 aliphatic carbocycles. The quantitative estimate of drug-likeness (QED) is 0.401. The van der Waals surface area contributed by atoms with Gasteiger partial charge >= 0.3 is 22.2 Å². The molecule has 0 N–H and O–H groups in total. The average molecular weight is 493 g/mol. The van der Waals surface area contributed by atoms with Crippen LogP contribution in [-0.2, 0) is 20.6 Å². The monoisotopic (exact) mass is 492 g/mol. The number of aryl methyl sites for hydroxylation is 2. The van der Waals surface area contributed by atoms with E-state index in [0.29, 0.717) is 36.9 Å². The van der Waals surface area contributed by atoms with Crippen molar-refractivity contribution in [1.29, 1.82) is 0 Å². The Hall–Kier alpha value is -2.18. The van der Waals surface area contributed by atoms with Crippen LogP contribution < -0.4 is 4.74 Å². The number of nitrogens with zero attached hydrogens (tertiary/aromatic N) is 3. The van der Waals surface area contributed by atoms with Gasteiger partial charge < -0.3 is 9.26 Å². The molecule has 184 valence electrons. The number of ether oxygens (including phenoxy) is 1. The van der Waals surface area contributed by atoms with Gasteiger partial charge in [0.05, 0.1) is 12.9 Å². The van der Waals surface area contributed by atoms with Crippen molar-refractivity contribution in [1.82, 2.24) is 10.1 Å². The van der Waals surface area contributed by atoms with E-state index in [0.717, 1.165) is 43.1 Å². The number of aromatic nitrogens is 2. The normalized spacial score (nSPS) is 21.8. The van der Waals surface area contributed by atoms with Crippen LogP contribution in [0.25, 0.3) is 11.4 Å². The zero-order valence-electron chi connectivity index (χ0n) is 19.1. The van der Waals surface area contributed by atoms with Gasteiger partial charge in [0.2, 0.25) is 5.82 Å². The Kier molecular flexibility index (Phi) is 7.39. The van der Waals surface area contributed by atoms with Crippen LogP contribution in [-0.4, -0.2) is 56.2 Å². The summed E-state index contributed by atoms with van der Waals surface area (Å²) in [6.45, 7) is 5.38. The number of halogens is 3. The highest BCUT2D eigenvalue weighted by atomic mass is 32.2. The lowest BCUT2D eigenvalue weighted by molar-refractivity contribution is -1.07. The summed E-state index contributed by atoms with van der Waals surface area (Å²) < 4.78 is 76.8. The summed E-state index contributed by atoms with van der Waals surface area (Å²) in [6.07, 6.45) is -0.0619. The van der Waals surface area contributed by atoms with Gasteiger partial charge in [-0.2, -0.15) is 31.2 Å². The first-order chi connectivity index (χ1) is 15.3. The van der Waals surface area contributed by atoms with Crippen LogP contribution >= 0.6 is 0 Å². The van der Waals surface area contributed by atoms with E-state index in [2.05, 4.69) is 14.7 Å². The lowest BCUT2D eigenvalue weighted by Gasteiger charge is -2.37. The smallest absolute Gasteiger partial charge is 0.471 e. The van der Waals surface area contributed by atoms with Crippen molar-refractivity contribution in [2.24, 2.45) is 5.92 Å². The Labute approximate surface area is 191 Å². The summed E-state index contributed by atoms with van der Waals surface area (Å²) in [6, 6.07) is 3.33. The molecule has 2 unspecified atom stereocenters. The molecule has 33 heavy (non-hydrogen) atoms. The lowest BCUT2D eigenvalue weighted by atomic mass is 9.93. The first kappa shape index (κ1) is 25.4. The van der Waals surface area contributed by atoms with Gasteiger partial charge in [-0.15, -0.1) is 0 Å². The molecule has 2 aromatic rings. The summed E-state index contributed by atoms with van der Waals surface area (Å²) in [7, 11) is -1.74. The van der Waals surface area contributed by atoms with E-state index in [1.165, 1.54) is 0 Å². The Morgan fingerprint density at radius 3 is 2.48 bits per heavy atom. The molecule has 1 aliphatic heterocycles. The summed E-state index contributed by atoms with van der Waals surface area (Å²) in [4.78, 5) is 3.43. The predicted molar refractivity (Wildman–Crippen MR) is 114 cm³/mol. The van der Waals surface area contributed by atoms with Crippen LogP contribution in [0, 0.1) is 19.8 Å². The van der Waals surface area contributed by atoms with E-state index in [-0.39, 0.29) is 10.5 Å². The Morgan fingerprint density at radius 1 is 1.24 bits per heavy atom. The van der Waals surface area contributed by atoms with Gasteiger partial charge in [-0.1, -0.05) is 9.44 Å². The van der Waals surface area contributed by atoms with Crippen LogP contribution in [0.5, 0.6) is 5.75 Å². The third-order valence-corrected chi connectivity index (χ3v) is 6.22. The maximum atomic E-state index is 12.7. The number of piperidine rings is 1. The topological polar surface area (TPSA) is 91.5 Å². The molecule has 1 saturated heterocycles. The molecule has 1 aliphatic rings. The lowest BCUT2D eigenvalue weighted by Crippen LogP contribution is -2.51. The van der Waals surface area contributed by atoms with Gasteiger partial charge in [0.25, 0.3) is 0 Å². The minimum absolute atomic E-state index is 0.0656. The molecular weight excluding hydrogens is 463 g/mol. The highest BCUT2D eigenvalue weighted by Gasteiger charge is 2.39. The molecule has 12 heteroatoms. The summed E-state index contributed by atoms with van der Waals surface area (Å²) in [5.74, 6) is -0.509. The second-order valence-electron chi connectivity index (χ2n) is 8.84. The van der Waals surface area contributed by atoms with Gasteiger partial charge in [0.15, 0.2) is 0 Å². The molecule has 0 bridgehead atoms. The molecule has 3 rings (SSSR count). The maximum absolute atomic E-state index is 12.7. The number of hydrogen-bond donors (Lipinski definition) is 0. The Bertz CT molecular complexity index is 1060. The number of hydrogen-bond acceptors (Lipinski definition) is 7. The molecular formula is C21H29F3N3O5S+. The Balaban J connectivity index is 1.56. The molecule has 0 radical (unpaired) electrons. The number of quaternary nitrogens is 1. The van der Waals surface area contributed by atoms with Gasteiger partial charge in [-0.25, -0.2) is 0 Å². The van der Waals surface area contributed by atoms with Gasteiger partial charge in [0, 0.05) is 11.5 Å². The molecule has 8 nitrogen and oxygen atoms in total. The van der Waals surface area contributed by atoms with Crippen molar-refractivity contribution in [3.63, 3.8) is 0 Å². The summed E-state index contributed by atoms with van der Waals surface area (Å²) in [5, 5.41) is 3.43. The van der Waals surface area contributed by atoms with Crippen LogP contribution in [0.2, 0.25) is 0 Å². The third-order valence-electron chi connectivity index (χ3n) is 5.59. The highest BCUT2D eigenvalue weighted by Crippen LogP contribution is 2.33. The fourth-order valence-corrected chi connectivity index (χ4v) is 5.17. The van der Waals surface area contributed by atoms with Crippen LogP contribution in [0.3, 0.4) is 0 Å². The van der Waals surface area contributed by atoms with E-state index in [9.17, 15) is 21.6 Å². The van der Waals surface area contributed by atoms with Crippen molar-refractivity contribution in [2.75, 3.05) is 33.0 Å². The number of rotatable bonds is 8. The van der Waals surface area contributed by atoms with Crippen molar-refractivity contribution in [3.8, 4) is 17.1 Å². The highest BCUT2D eigenvalue weighted by molar-refractivity contribution is 7.85. The second-order valence-corrected chi connectivity index (χ2v) is 10.4. The summed E-state index contributed by atoms with van der Waals surface area (Å²) >= 11 is 0. The minimum Gasteiger partial charge on any atom is -0.493 e. The maximum Gasteiger partial charge on any atom is 0.471 e. The van der Waals surface area contributed by atoms with E-state index < -0.39 is 22.2 Å². The molecule has 1 fully saturated rings. The largest absolute Gasteiger partial charge is 0.493 e. The fourth-order valence-electron chi connectivity index (χ4n) is 4.38. The second kappa shape index (κ2) is 9.59. The molecule has 0 spiro atoms. The standard InChI is InChI=1S/C21H29F3N3O5S/c1-14-11-17(19-25-20(31-26-19)21(22,23)24)12-15(2)18(14)30-10-6-8-16-7-5-9-27(3,13-16)32-33(4,28)29/h11-12,16H,5-10,13H2,1-4H3/q+1. The first-order valence-electron chi connectivity index (χ1n) is 10.7. The van der Waals surface area contributed by atoms with E-state index in [4.69, 9.17) is 9.02 Å². The van der Waals surface area contributed by atoms with Crippen molar-refractivity contribution >= 4 is 10.1 Å². The zero-order valence-corrected chi connectivity index (χ0v) is 19.9. The molecule has 2 atom stereocenters. The van der Waals surface area contributed by atoms with Gasteiger partial charge in [-0.05, 0) is 62.8 Å². The fraction of sp³-hybridized carbons (Fsp3) is 0.619. The molecule has 0 saturated carbocycles. The van der Waals surface area contributed by atoms with E-state index >= 15 is 0 Å². The van der Waals surface area contributed by atoms with E-state index in [1.807, 2.05) is 13.8 Å². The zero-order chi connectivity index (χ0) is 24.4. The number of hydroxylamine groups is 3. The number of likely N-dealkylation sites (tertiary alicyclic amines) is 1. The average Bonchev–Trinajstić information content (AvgIpc) is 3.15. The molecule has 1 aromatic carbocycles. The van der Waals surface area contributed by atoms with Crippen molar-refractivity contribution in [3.05, 3.63) is 29.2 Å². The van der Waals surface area contributed by atoms with Crippen molar-refractivity contribution < 1.29 is 39.8 Å². The minimum atomic E-state index is -4.69. The first-order valence-corrected chi connectivity index (χ1v) is 12.5. The van der Waals surface area contributed by atoms with Crippen LogP contribution in [0.1, 0.15) is 42.7 Å². The number of alkyl halides is 3. The SMILES string of the molecule is Cc1cc(-c2noc(C(F)(F)F)n2)cc(C)c1OCCCC1CCC[N+](C)(OS(C)(=O)=O)C1. The molecule has 0 amide bonds. The van der Waals surface area contributed by atoms with Crippen LogP contribution in [0.15, 0.2) is 16.7 Å². The van der Waals surface area contributed by atoms with Crippen LogP contribution in [0.4, 0.5) is 13.2 Å². The predicted octanol–water partition coefficient (Wildman–Crippen LogP) is 4.28. The van der Waals surface area contributed by atoms with Gasteiger partial charge in [0.1, 0.15) is 25.9 Å².